The molecule has 19 heavy (non-hydrogen) atoms. The molecule has 1 saturated heterocycles. The highest BCUT2D eigenvalue weighted by Gasteiger charge is 2.55. The molecular formula is C14H22N2O2S. The summed E-state index contributed by atoms with van der Waals surface area (Å²) in [6.07, 6.45) is 7.98. The average molecular weight is 282 g/mol. The minimum atomic E-state index is -0.555. The number of hydrogen-bond acceptors (Lipinski definition) is 3. The molecule has 1 unspecified atom stereocenters. The van der Waals surface area contributed by atoms with E-state index in [9.17, 15) is 9.59 Å². The number of carbonyl (C=O) groups excluding carboxylic acids is 2. The molecule has 3 fully saturated rings. The van der Waals surface area contributed by atoms with Crippen LogP contribution in [0.4, 0.5) is 0 Å². The first-order valence-corrected chi connectivity index (χ1v) is 8.69. The van der Waals surface area contributed by atoms with Gasteiger partial charge in [-0.1, -0.05) is 12.8 Å². The van der Waals surface area contributed by atoms with Crippen LogP contribution in [0.5, 0.6) is 0 Å². The van der Waals surface area contributed by atoms with E-state index < -0.39 is 5.54 Å². The van der Waals surface area contributed by atoms with Gasteiger partial charge in [0.2, 0.25) is 11.8 Å². The standard InChI is InChI=1S/C14H22N2O2S/c1-19-9-8-16-11(10-4-5-10)12(17)15-14(13(16)18)6-2-3-7-14/h10-11H,2-9H2,1H3,(H,15,17). The number of amides is 2. The summed E-state index contributed by atoms with van der Waals surface area (Å²) in [6, 6.07) is -0.189. The van der Waals surface area contributed by atoms with Crippen molar-refractivity contribution >= 4 is 23.6 Å². The number of nitrogens with zero attached hydrogens (tertiary/aromatic N) is 1. The molecule has 2 amide bonds. The maximum absolute atomic E-state index is 12.8. The Morgan fingerprint density at radius 2 is 2.00 bits per heavy atom. The van der Waals surface area contributed by atoms with Crippen molar-refractivity contribution < 1.29 is 9.59 Å². The van der Waals surface area contributed by atoms with Crippen LogP contribution in [0.15, 0.2) is 0 Å². The van der Waals surface area contributed by atoms with Gasteiger partial charge in [0.15, 0.2) is 0 Å². The van der Waals surface area contributed by atoms with E-state index >= 15 is 0 Å². The van der Waals surface area contributed by atoms with Gasteiger partial charge in [-0.3, -0.25) is 9.59 Å². The molecule has 0 aromatic carbocycles. The predicted molar refractivity (Wildman–Crippen MR) is 75.9 cm³/mol. The normalized spacial score (nSPS) is 29.9. The Morgan fingerprint density at radius 1 is 1.32 bits per heavy atom. The fourth-order valence-corrected chi connectivity index (χ4v) is 3.91. The van der Waals surface area contributed by atoms with Crippen molar-refractivity contribution in [1.82, 2.24) is 10.2 Å². The molecule has 1 heterocycles. The predicted octanol–water partition coefficient (Wildman–Crippen LogP) is 1.40. The zero-order valence-corrected chi connectivity index (χ0v) is 12.3. The largest absolute Gasteiger partial charge is 0.340 e. The van der Waals surface area contributed by atoms with Gasteiger partial charge in [-0.25, -0.2) is 0 Å². The number of thioether (sulfide) groups is 1. The Kier molecular flexibility index (Phi) is 3.50. The molecule has 1 spiro atoms. The molecule has 0 aromatic rings. The average Bonchev–Trinajstić information content (AvgIpc) is 3.12. The van der Waals surface area contributed by atoms with Gasteiger partial charge < -0.3 is 10.2 Å². The van der Waals surface area contributed by atoms with Crippen molar-refractivity contribution in [3.8, 4) is 0 Å². The van der Waals surface area contributed by atoms with Gasteiger partial charge in [-0.05, 0) is 37.9 Å². The van der Waals surface area contributed by atoms with Crippen LogP contribution < -0.4 is 5.32 Å². The minimum absolute atomic E-state index is 0.102. The van der Waals surface area contributed by atoms with Crippen LogP contribution in [0, 0.1) is 5.92 Å². The SMILES string of the molecule is CSCCN1C(=O)C2(CCCC2)NC(=O)C1C1CC1. The number of hydrogen-bond donors (Lipinski definition) is 1. The second kappa shape index (κ2) is 5.00. The van der Waals surface area contributed by atoms with E-state index in [1.54, 1.807) is 11.8 Å². The zero-order valence-electron chi connectivity index (χ0n) is 11.5. The molecule has 3 aliphatic rings. The van der Waals surface area contributed by atoms with E-state index in [1.165, 1.54) is 0 Å². The highest BCUT2D eigenvalue weighted by Crippen LogP contribution is 2.41. The molecule has 1 N–H and O–H groups in total. The molecule has 1 atom stereocenters. The maximum atomic E-state index is 12.8. The summed E-state index contributed by atoms with van der Waals surface area (Å²) in [4.78, 5) is 27.2. The number of rotatable bonds is 4. The van der Waals surface area contributed by atoms with Crippen molar-refractivity contribution in [2.75, 3.05) is 18.6 Å². The number of piperazine rings is 1. The fourth-order valence-electron chi connectivity index (χ4n) is 3.53. The lowest BCUT2D eigenvalue weighted by Gasteiger charge is -2.44. The van der Waals surface area contributed by atoms with E-state index in [4.69, 9.17) is 0 Å². The second-order valence-electron chi connectivity index (χ2n) is 6.05. The quantitative estimate of drug-likeness (QED) is 0.848. The Balaban J connectivity index is 1.84. The van der Waals surface area contributed by atoms with Crippen LogP contribution in [-0.4, -0.2) is 46.8 Å². The zero-order chi connectivity index (χ0) is 13.5. The van der Waals surface area contributed by atoms with Crippen molar-refractivity contribution in [2.45, 2.75) is 50.1 Å². The van der Waals surface area contributed by atoms with Crippen LogP contribution in [-0.2, 0) is 9.59 Å². The first-order chi connectivity index (χ1) is 9.18. The van der Waals surface area contributed by atoms with Crippen LogP contribution >= 0.6 is 11.8 Å². The Morgan fingerprint density at radius 3 is 2.58 bits per heavy atom. The van der Waals surface area contributed by atoms with Crippen molar-refractivity contribution in [2.24, 2.45) is 5.92 Å². The van der Waals surface area contributed by atoms with Crippen molar-refractivity contribution in [3.63, 3.8) is 0 Å². The molecule has 0 bridgehead atoms. The fraction of sp³-hybridized carbons (Fsp3) is 0.857. The molecule has 0 radical (unpaired) electrons. The molecule has 3 rings (SSSR count). The van der Waals surface area contributed by atoms with Gasteiger partial charge in [-0.15, -0.1) is 0 Å². The lowest BCUT2D eigenvalue weighted by Crippen LogP contribution is -2.70. The van der Waals surface area contributed by atoms with Gasteiger partial charge >= 0.3 is 0 Å². The minimum Gasteiger partial charge on any atom is -0.340 e. The second-order valence-corrected chi connectivity index (χ2v) is 7.04. The van der Waals surface area contributed by atoms with Crippen molar-refractivity contribution in [3.05, 3.63) is 0 Å². The summed E-state index contributed by atoms with van der Waals surface area (Å²) in [5.41, 5.74) is -0.555. The van der Waals surface area contributed by atoms with Crippen LogP contribution in [0.3, 0.4) is 0 Å². The summed E-state index contributed by atoms with van der Waals surface area (Å²) in [5, 5.41) is 3.08. The van der Waals surface area contributed by atoms with Gasteiger partial charge in [-0.2, -0.15) is 11.8 Å². The molecule has 2 aliphatic carbocycles. The van der Waals surface area contributed by atoms with E-state index in [0.717, 1.165) is 50.8 Å². The lowest BCUT2D eigenvalue weighted by molar-refractivity contribution is -0.155. The summed E-state index contributed by atoms with van der Waals surface area (Å²) in [5.74, 6) is 1.61. The highest BCUT2D eigenvalue weighted by molar-refractivity contribution is 7.98. The topological polar surface area (TPSA) is 49.4 Å². The molecule has 1 aliphatic heterocycles. The van der Waals surface area contributed by atoms with Crippen LogP contribution in [0.2, 0.25) is 0 Å². The highest BCUT2D eigenvalue weighted by atomic mass is 32.2. The third-order valence-electron chi connectivity index (χ3n) is 4.70. The Hall–Kier alpha value is -0.710. The third-order valence-corrected chi connectivity index (χ3v) is 5.29. The van der Waals surface area contributed by atoms with Crippen molar-refractivity contribution in [1.29, 1.82) is 0 Å². The van der Waals surface area contributed by atoms with Gasteiger partial charge in [0.05, 0.1) is 0 Å². The number of carbonyl (C=O) groups is 2. The van der Waals surface area contributed by atoms with Gasteiger partial charge in [0.25, 0.3) is 0 Å². The Bertz CT molecular complexity index is 389. The van der Waals surface area contributed by atoms with E-state index in [2.05, 4.69) is 5.32 Å². The smallest absolute Gasteiger partial charge is 0.249 e. The van der Waals surface area contributed by atoms with Gasteiger partial charge in [0, 0.05) is 12.3 Å². The van der Waals surface area contributed by atoms with Gasteiger partial charge in [0.1, 0.15) is 11.6 Å². The summed E-state index contributed by atoms with van der Waals surface area (Å²) in [6.45, 7) is 0.719. The Labute approximate surface area is 118 Å². The molecule has 2 saturated carbocycles. The van der Waals surface area contributed by atoms with E-state index in [-0.39, 0.29) is 17.9 Å². The first kappa shape index (κ1) is 13.3. The summed E-state index contributed by atoms with van der Waals surface area (Å²) < 4.78 is 0. The summed E-state index contributed by atoms with van der Waals surface area (Å²) >= 11 is 1.74. The number of nitrogens with one attached hydrogen (secondary N) is 1. The third kappa shape index (κ3) is 2.26. The monoisotopic (exact) mass is 282 g/mol. The van der Waals surface area contributed by atoms with Crippen LogP contribution in [0.1, 0.15) is 38.5 Å². The first-order valence-electron chi connectivity index (χ1n) is 7.30. The van der Waals surface area contributed by atoms with E-state index in [0.29, 0.717) is 5.92 Å². The molecule has 0 aromatic heterocycles. The molecular weight excluding hydrogens is 260 g/mol. The lowest BCUT2D eigenvalue weighted by atomic mass is 9.89. The van der Waals surface area contributed by atoms with E-state index in [1.807, 2.05) is 11.2 Å². The molecule has 106 valence electrons. The molecule has 5 heteroatoms. The summed E-state index contributed by atoms with van der Waals surface area (Å²) in [7, 11) is 0. The maximum Gasteiger partial charge on any atom is 0.249 e. The van der Waals surface area contributed by atoms with Crippen LogP contribution in [0.25, 0.3) is 0 Å². The molecule has 4 nitrogen and oxygen atoms in total.